The summed E-state index contributed by atoms with van der Waals surface area (Å²) in [5.41, 5.74) is 12.0. The molecule has 5 aromatic carbocycles. The normalized spacial score (nSPS) is 12.6. The summed E-state index contributed by atoms with van der Waals surface area (Å²) < 4.78 is 0. The number of anilines is 3. The number of aryl methyl sites for hydroxylation is 4. The lowest BCUT2D eigenvalue weighted by Crippen LogP contribution is -2.09. The number of rotatable bonds is 8. The van der Waals surface area contributed by atoms with Crippen molar-refractivity contribution in [3.05, 3.63) is 178 Å². The number of hydrogen-bond donors (Lipinski definition) is 1. The maximum absolute atomic E-state index is 11.4. The van der Waals surface area contributed by atoms with Crippen molar-refractivity contribution in [2.75, 3.05) is 4.90 Å². The average molecular weight is 711 g/mol. The van der Waals surface area contributed by atoms with Crippen molar-refractivity contribution < 1.29 is 9.90 Å². The highest BCUT2D eigenvalue weighted by atomic mass is 32.1. The van der Waals surface area contributed by atoms with E-state index in [2.05, 4.69) is 126 Å². The number of nitrogens with zero attached hydrogens (tertiary/aromatic N) is 2. The van der Waals surface area contributed by atoms with E-state index in [1.807, 2.05) is 35.6 Å². The summed E-state index contributed by atoms with van der Waals surface area (Å²) >= 11 is 3.38. The summed E-state index contributed by atoms with van der Waals surface area (Å²) in [6.07, 6.45) is 5.09. The van der Waals surface area contributed by atoms with Gasteiger partial charge >= 0.3 is 5.97 Å². The van der Waals surface area contributed by atoms with Crippen LogP contribution in [0.3, 0.4) is 0 Å². The fourth-order valence-electron chi connectivity index (χ4n) is 6.88. The van der Waals surface area contributed by atoms with Crippen LogP contribution in [-0.2, 0) is 30.5 Å². The van der Waals surface area contributed by atoms with Gasteiger partial charge in [0.2, 0.25) is 0 Å². The molecule has 0 saturated heterocycles. The van der Waals surface area contributed by atoms with E-state index in [1.165, 1.54) is 66.1 Å². The zero-order valence-electron chi connectivity index (χ0n) is 28.3. The molecule has 4 bridgehead atoms. The lowest BCUT2D eigenvalue weighted by Gasteiger charge is -2.25. The molecule has 1 N–H and O–H groups in total. The Bertz CT molecular complexity index is 2410. The van der Waals surface area contributed by atoms with Crippen LogP contribution >= 0.6 is 22.7 Å². The van der Waals surface area contributed by atoms with E-state index in [4.69, 9.17) is 0 Å². The first-order chi connectivity index (χ1) is 25.5. The fourth-order valence-corrected chi connectivity index (χ4v) is 8.95. The van der Waals surface area contributed by atoms with E-state index in [-0.39, 0.29) is 5.57 Å². The minimum absolute atomic E-state index is 0.256. The van der Waals surface area contributed by atoms with Gasteiger partial charge < -0.3 is 10.0 Å². The van der Waals surface area contributed by atoms with Gasteiger partial charge in [0.05, 0.1) is 0 Å². The number of carbonyl (C=O) groups is 1. The second kappa shape index (κ2) is 14.7. The first kappa shape index (κ1) is 33.2. The molecule has 4 aliphatic rings. The van der Waals surface area contributed by atoms with Crippen LogP contribution in [-0.4, -0.2) is 11.1 Å². The standard InChI is InChI=1S/C46H34N2O2S2/c47-30-36(46(49)50)29-40-23-24-44(51-40)41-27-31-11-15-33(41)16-12-32-14-18-34(17-13-31)42(28-32)45-26-25-43(52-45)35-19-21-39(22-20-35)48(37-7-3-1-4-8-37)38-9-5-2-6-10-38/h1-11,14-15,18-29H,12-13,16-17H2,(H,49,50)/b36-29+. The molecule has 0 unspecified atom stereocenters. The van der Waals surface area contributed by atoms with E-state index < -0.39 is 5.97 Å². The van der Waals surface area contributed by atoms with Crippen LogP contribution in [0.2, 0.25) is 0 Å². The highest BCUT2D eigenvalue weighted by Gasteiger charge is 2.17. The van der Waals surface area contributed by atoms with E-state index in [0.717, 1.165) is 52.5 Å². The lowest BCUT2D eigenvalue weighted by molar-refractivity contribution is -0.132. The molecule has 7 aromatic rings. The summed E-state index contributed by atoms with van der Waals surface area (Å²) in [6, 6.07) is 53.9. The topological polar surface area (TPSA) is 64.3 Å². The molecule has 0 atom stereocenters. The fraction of sp³-hybridized carbons (Fsp3) is 0.0870. The van der Waals surface area contributed by atoms with Gasteiger partial charge in [-0.25, -0.2) is 4.79 Å². The molecular formula is C46H34N2O2S2. The smallest absolute Gasteiger partial charge is 0.346 e. The molecule has 2 aromatic heterocycles. The molecule has 0 amide bonds. The van der Waals surface area contributed by atoms with Crippen molar-refractivity contribution in [3.8, 4) is 37.4 Å². The van der Waals surface area contributed by atoms with Crippen LogP contribution in [0.15, 0.2) is 151 Å². The van der Waals surface area contributed by atoms with Crippen molar-refractivity contribution in [2.45, 2.75) is 25.7 Å². The van der Waals surface area contributed by atoms with Crippen molar-refractivity contribution in [3.63, 3.8) is 0 Å². The molecule has 0 saturated carbocycles. The number of aliphatic carboxylic acids is 1. The Balaban J connectivity index is 1.05. The molecular weight excluding hydrogens is 677 g/mol. The van der Waals surface area contributed by atoms with Crippen LogP contribution in [0, 0.1) is 11.3 Å². The van der Waals surface area contributed by atoms with Gasteiger partial charge in [0, 0.05) is 36.6 Å². The van der Waals surface area contributed by atoms with Gasteiger partial charge in [-0.2, -0.15) is 5.26 Å². The molecule has 52 heavy (non-hydrogen) atoms. The van der Waals surface area contributed by atoms with Gasteiger partial charge in [0.25, 0.3) is 0 Å². The molecule has 2 heterocycles. The maximum atomic E-state index is 11.4. The third-order valence-corrected chi connectivity index (χ3v) is 11.8. The third-order valence-electron chi connectivity index (χ3n) is 9.55. The SMILES string of the molecule is N#C/C(=C\c1ccc(-c2cc3ccc2CCc2ccc(c(-c4ccc(-c5ccc(N(c6ccccc6)c6ccccc6)cc5)s4)c2)CC3)s1)C(=O)O. The van der Waals surface area contributed by atoms with Crippen LogP contribution in [0.4, 0.5) is 17.1 Å². The number of para-hydroxylation sites is 2. The van der Waals surface area contributed by atoms with Gasteiger partial charge in [-0.1, -0.05) is 84.9 Å². The minimum Gasteiger partial charge on any atom is -0.477 e. The number of thiophene rings is 2. The third kappa shape index (κ3) is 6.97. The summed E-state index contributed by atoms with van der Waals surface area (Å²) in [5.74, 6) is -1.21. The Hall–Kier alpha value is -6.00. The number of hydrogen-bond acceptors (Lipinski definition) is 5. The Morgan fingerprint density at radius 3 is 1.67 bits per heavy atom. The van der Waals surface area contributed by atoms with Gasteiger partial charge in [-0.15, -0.1) is 22.7 Å². The Morgan fingerprint density at radius 1 is 0.596 bits per heavy atom. The molecule has 4 aliphatic carbocycles. The molecule has 11 rings (SSSR count). The van der Waals surface area contributed by atoms with E-state index in [1.54, 1.807) is 6.07 Å². The minimum atomic E-state index is -1.21. The molecule has 0 aliphatic heterocycles. The zero-order valence-corrected chi connectivity index (χ0v) is 30.0. The molecule has 252 valence electrons. The monoisotopic (exact) mass is 710 g/mol. The van der Waals surface area contributed by atoms with Crippen LogP contribution in [0.25, 0.3) is 37.4 Å². The number of carboxylic acid groups (broad SMARTS) is 1. The summed E-state index contributed by atoms with van der Waals surface area (Å²) in [6.45, 7) is 0. The first-order valence-corrected chi connectivity index (χ1v) is 19.0. The molecule has 0 spiro atoms. The van der Waals surface area contributed by atoms with E-state index in [0.29, 0.717) is 0 Å². The lowest BCUT2D eigenvalue weighted by atomic mass is 9.90. The highest BCUT2D eigenvalue weighted by molar-refractivity contribution is 7.18. The summed E-state index contributed by atoms with van der Waals surface area (Å²) in [7, 11) is 0. The largest absolute Gasteiger partial charge is 0.477 e. The van der Waals surface area contributed by atoms with E-state index >= 15 is 0 Å². The van der Waals surface area contributed by atoms with Crippen molar-refractivity contribution in [1.82, 2.24) is 0 Å². The van der Waals surface area contributed by atoms with Gasteiger partial charge in [-0.05, 0) is 131 Å². The molecule has 0 fully saturated rings. The zero-order chi connectivity index (χ0) is 35.4. The van der Waals surface area contributed by atoms with Crippen LogP contribution in [0.1, 0.15) is 27.1 Å². The second-order valence-corrected chi connectivity index (χ2v) is 15.1. The molecule has 6 heteroatoms. The predicted molar refractivity (Wildman–Crippen MR) is 216 cm³/mol. The number of benzene rings is 5. The van der Waals surface area contributed by atoms with Gasteiger partial charge in [-0.3, -0.25) is 0 Å². The summed E-state index contributed by atoms with van der Waals surface area (Å²) in [5, 5.41) is 18.5. The Kier molecular flexibility index (Phi) is 9.37. The van der Waals surface area contributed by atoms with Gasteiger partial charge in [0.1, 0.15) is 11.6 Å². The summed E-state index contributed by atoms with van der Waals surface area (Å²) in [4.78, 5) is 18.1. The van der Waals surface area contributed by atoms with Crippen LogP contribution in [0.5, 0.6) is 0 Å². The number of nitriles is 1. The average Bonchev–Trinajstić information content (AvgIpc) is 3.87. The highest BCUT2D eigenvalue weighted by Crippen LogP contribution is 2.40. The van der Waals surface area contributed by atoms with Crippen molar-refractivity contribution >= 4 is 51.8 Å². The first-order valence-electron chi connectivity index (χ1n) is 17.3. The van der Waals surface area contributed by atoms with Crippen molar-refractivity contribution in [2.24, 2.45) is 0 Å². The molecule has 4 nitrogen and oxygen atoms in total. The number of carboxylic acids is 1. The Morgan fingerprint density at radius 2 is 1.12 bits per heavy atom. The molecule has 0 radical (unpaired) electrons. The van der Waals surface area contributed by atoms with Crippen molar-refractivity contribution in [1.29, 1.82) is 5.26 Å². The maximum Gasteiger partial charge on any atom is 0.346 e. The Labute approximate surface area is 311 Å². The van der Waals surface area contributed by atoms with E-state index in [9.17, 15) is 15.2 Å². The predicted octanol–water partition coefficient (Wildman–Crippen LogP) is 12.2. The second-order valence-electron chi connectivity index (χ2n) is 12.9. The van der Waals surface area contributed by atoms with Crippen LogP contribution < -0.4 is 4.90 Å². The quantitative estimate of drug-likeness (QED) is 0.126. The van der Waals surface area contributed by atoms with Gasteiger partial charge in [0.15, 0.2) is 0 Å².